The van der Waals surface area contributed by atoms with Gasteiger partial charge in [-0.3, -0.25) is 19.2 Å². The van der Waals surface area contributed by atoms with Crippen LogP contribution in [0.25, 0.3) is 0 Å². The number of hydrogen-bond acceptors (Lipinski definition) is 24. The van der Waals surface area contributed by atoms with Crippen LogP contribution in [0, 0.1) is 0 Å². The van der Waals surface area contributed by atoms with Crippen LogP contribution < -0.4 is 20.4 Å². The van der Waals surface area contributed by atoms with Crippen LogP contribution >= 0.6 is 0 Å². The zero-order valence-corrected chi connectivity index (χ0v) is 32.1. The normalized spacial score (nSPS) is 13.9. The van der Waals surface area contributed by atoms with E-state index in [0.717, 1.165) is 27.7 Å². The average molecular weight is 912 g/mol. The molecule has 0 aliphatic heterocycles. The summed E-state index contributed by atoms with van der Waals surface area (Å²) in [5.74, 6) is -17.3. The minimum Gasteiger partial charge on any atom is -0.546 e. The number of hydrogen-bond donors (Lipinski definition) is 8. The van der Waals surface area contributed by atoms with Crippen molar-refractivity contribution in [3.63, 3.8) is 0 Å². The minimum absolute atomic E-state index is 0. The third kappa shape index (κ3) is 34.6. The molecule has 0 heterocycles. The van der Waals surface area contributed by atoms with E-state index >= 15 is 0 Å². The van der Waals surface area contributed by atoms with Crippen molar-refractivity contribution in [2.75, 3.05) is 0 Å². The first-order valence-corrected chi connectivity index (χ1v) is 14.6. The molecule has 320 valence electrons. The summed E-state index contributed by atoms with van der Waals surface area (Å²) in [6.45, 7) is 4.11. The fraction of sp³-hybridized carbons (Fsp3) is 0.571. The van der Waals surface area contributed by atoms with Gasteiger partial charge in [0.1, 0.15) is 24.4 Å². The summed E-state index contributed by atoms with van der Waals surface area (Å²) in [5, 5.41) is 108. The molecule has 28 nitrogen and oxygen atoms in total. The van der Waals surface area contributed by atoms with E-state index in [9.17, 15) is 78.0 Å². The zero-order valence-electron chi connectivity index (χ0n) is 29.7. The number of aliphatic hydroxyl groups is 4. The van der Waals surface area contributed by atoms with E-state index in [0.29, 0.717) is 0 Å². The molecule has 0 saturated carbocycles. The second kappa shape index (κ2) is 31.6. The molecule has 0 spiro atoms. The molecular formula is C28H36O28Zr. The molecule has 0 fully saturated rings. The molecule has 0 aromatic rings. The van der Waals surface area contributed by atoms with E-state index in [-0.39, 0.29) is 26.2 Å². The SMILES string of the molecule is CC(OC(=O)C(O)CC(=O)O)C(=O)[O-].CC(OC(=O)C(O)CC(=O)O)C(=O)[O-].CC(OC(=O)C(O)CC(=O)O)C(=O)[O-].CC(OC(=O)C(O)CC(=O)O)C(=O)[O-].[Zr+4]. The number of carbonyl (C=O) groups is 12. The van der Waals surface area contributed by atoms with E-state index < -0.39 is 146 Å². The Morgan fingerprint density at radius 1 is 0.368 bits per heavy atom. The Morgan fingerprint density at radius 2 is 0.491 bits per heavy atom. The van der Waals surface area contributed by atoms with Crippen molar-refractivity contribution in [3.05, 3.63) is 0 Å². The first-order valence-electron chi connectivity index (χ1n) is 14.6. The largest absolute Gasteiger partial charge is 4.00 e. The van der Waals surface area contributed by atoms with Crippen molar-refractivity contribution in [2.45, 2.75) is 102 Å². The molecule has 0 bridgehead atoms. The fourth-order valence-electron chi connectivity index (χ4n) is 2.20. The predicted octanol–water partition coefficient (Wildman–Crippen LogP) is -9.99. The molecule has 8 atom stereocenters. The van der Waals surface area contributed by atoms with Gasteiger partial charge in [-0.25, -0.2) is 19.2 Å². The van der Waals surface area contributed by atoms with Gasteiger partial charge in [-0.1, -0.05) is 0 Å². The van der Waals surface area contributed by atoms with Crippen LogP contribution in [0.4, 0.5) is 0 Å². The van der Waals surface area contributed by atoms with Gasteiger partial charge in [0, 0.05) is 0 Å². The van der Waals surface area contributed by atoms with Crippen LogP contribution in [0.15, 0.2) is 0 Å². The summed E-state index contributed by atoms with van der Waals surface area (Å²) in [6, 6.07) is 0. The predicted molar refractivity (Wildman–Crippen MR) is 155 cm³/mol. The van der Waals surface area contributed by atoms with Gasteiger partial charge in [-0.15, -0.1) is 0 Å². The maximum Gasteiger partial charge on any atom is 4.00 e. The molecule has 8 unspecified atom stereocenters. The summed E-state index contributed by atoms with van der Waals surface area (Å²) in [5.41, 5.74) is 0. The maximum absolute atomic E-state index is 10.8. The van der Waals surface area contributed by atoms with Gasteiger partial charge in [-0.05, 0) is 27.7 Å². The Kier molecular flexibility index (Phi) is 33.6. The van der Waals surface area contributed by atoms with Crippen molar-refractivity contribution in [1.82, 2.24) is 0 Å². The number of esters is 4. The van der Waals surface area contributed by atoms with Crippen molar-refractivity contribution in [2.24, 2.45) is 0 Å². The Balaban J connectivity index is -0.000000210. The Hall–Kier alpha value is -5.64. The van der Waals surface area contributed by atoms with Gasteiger partial charge in [0.05, 0.1) is 49.6 Å². The van der Waals surface area contributed by atoms with Gasteiger partial charge in [-0.2, -0.15) is 0 Å². The van der Waals surface area contributed by atoms with E-state index in [1.54, 1.807) is 0 Å². The van der Waals surface area contributed by atoms with Gasteiger partial charge in [0.15, 0.2) is 24.4 Å². The van der Waals surface area contributed by atoms with Crippen molar-refractivity contribution >= 4 is 71.6 Å². The second-order valence-electron chi connectivity index (χ2n) is 10.0. The minimum atomic E-state index is -1.87. The quantitative estimate of drug-likeness (QED) is 0.0415. The van der Waals surface area contributed by atoms with Crippen LogP contribution in [0.1, 0.15) is 53.4 Å². The molecule has 57 heavy (non-hydrogen) atoms. The van der Waals surface area contributed by atoms with Crippen LogP contribution in [-0.4, -0.2) is 161 Å². The Labute approximate surface area is 337 Å². The number of aliphatic hydroxyl groups excluding tert-OH is 4. The number of carbonyl (C=O) groups excluding carboxylic acids is 8. The first-order chi connectivity index (χ1) is 25.4. The van der Waals surface area contributed by atoms with Crippen LogP contribution in [0.5, 0.6) is 0 Å². The molecular weight excluding hydrogens is 876 g/mol. The number of aliphatic carboxylic acids is 8. The molecule has 0 amide bonds. The van der Waals surface area contributed by atoms with Crippen LogP contribution in [-0.2, 0) is 103 Å². The second-order valence-corrected chi connectivity index (χ2v) is 10.0. The number of ether oxygens (including phenoxy) is 4. The zero-order chi connectivity index (χ0) is 45.2. The molecule has 0 aromatic heterocycles. The van der Waals surface area contributed by atoms with Crippen molar-refractivity contribution in [3.8, 4) is 0 Å². The number of carboxylic acid groups (broad SMARTS) is 8. The summed E-state index contributed by atoms with van der Waals surface area (Å²) in [6.07, 6.45) is -16.9. The summed E-state index contributed by atoms with van der Waals surface area (Å²) in [4.78, 5) is 124. The van der Waals surface area contributed by atoms with E-state index in [4.69, 9.17) is 40.9 Å². The van der Waals surface area contributed by atoms with Gasteiger partial charge in [0.2, 0.25) is 0 Å². The van der Waals surface area contributed by atoms with Crippen molar-refractivity contribution in [1.29, 1.82) is 0 Å². The molecule has 0 aliphatic carbocycles. The van der Waals surface area contributed by atoms with E-state index in [1.807, 2.05) is 0 Å². The number of rotatable bonds is 20. The summed E-state index contributed by atoms with van der Waals surface area (Å²) >= 11 is 0. The number of carboxylic acids is 8. The van der Waals surface area contributed by atoms with E-state index in [2.05, 4.69) is 18.9 Å². The Bertz CT molecular complexity index is 1200. The third-order valence-corrected chi connectivity index (χ3v) is 5.06. The topological polar surface area (TPSA) is 496 Å². The summed E-state index contributed by atoms with van der Waals surface area (Å²) < 4.78 is 16.6. The van der Waals surface area contributed by atoms with Gasteiger partial charge in [0.25, 0.3) is 0 Å². The summed E-state index contributed by atoms with van der Waals surface area (Å²) in [7, 11) is 0. The van der Waals surface area contributed by atoms with E-state index in [1.165, 1.54) is 0 Å². The van der Waals surface area contributed by atoms with Crippen LogP contribution in [0.2, 0.25) is 0 Å². The molecule has 0 aliphatic rings. The molecule has 29 heteroatoms. The fourth-order valence-corrected chi connectivity index (χ4v) is 2.20. The standard InChI is InChI=1S/4C7H10O7.Zr/c4*1-3(6(11)12)14-7(13)4(8)2-5(9)10;/h4*3-4,8H,2H2,1H3,(H,9,10)(H,11,12);/q;;;;+4/p-4. The molecule has 0 aromatic carbocycles. The smallest absolute Gasteiger partial charge is 0.546 e. The van der Waals surface area contributed by atoms with Crippen LogP contribution in [0.3, 0.4) is 0 Å². The monoisotopic (exact) mass is 910 g/mol. The molecule has 0 saturated heterocycles. The Morgan fingerprint density at radius 3 is 0.579 bits per heavy atom. The van der Waals surface area contributed by atoms with Gasteiger partial charge < -0.3 is 99.4 Å². The van der Waals surface area contributed by atoms with Crippen molar-refractivity contribution < 1.29 is 164 Å². The first kappa shape index (κ1) is 60.6. The molecule has 0 rings (SSSR count). The van der Waals surface area contributed by atoms with Gasteiger partial charge >= 0.3 is 74.0 Å². The third-order valence-electron chi connectivity index (χ3n) is 5.06. The molecule has 0 radical (unpaired) electrons. The maximum atomic E-state index is 10.8. The average Bonchev–Trinajstić information content (AvgIpc) is 3.03. The molecule has 8 N–H and O–H groups in total.